The number of nitrogens with zero attached hydrogens (tertiary/aromatic N) is 1. The summed E-state index contributed by atoms with van der Waals surface area (Å²) in [6.07, 6.45) is 0. The maximum atomic E-state index is 12.6. The number of H-pyrrole nitrogens is 1. The van der Waals surface area contributed by atoms with E-state index >= 15 is 0 Å². The molecule has 0 saturated heterocycles. The highest BCUT2D eigenvalue weighted by Gasteiger charge is 2.17. The summed E-state index contributed by atoms with van der Waals surface area (Å²) in [6, 6.07) is 14.9. The number of ether oxygens (including phenoxy) is 2. The highest BCUT2D eigenvalue weighted by atomic mass is 35.5. The second-order valence-corrected chi connectivity index (χ2v) is 7.25. The first kappa shape index (κ1) is 15.4. The van der Waals surface area contributed by atoms with Crippen molar-refractivity contribution in [3.8, 4) is 33.3 Å². The highest BCUT2D eigenvalue weighted by Crippen LogP contribution is 2.37. The Morgan fingerprint density at radius 1 is 1.08 bits per heavy atom. The van der Waals surface area contributed by atoms with Gasteiger partial charge in [0.05, 0.1) is 5.52 Å². The molecule has 0 saturated carbocycles. The van der Waals surface area contributed by atoms with Gasteiger partial charge < -0.3 is 14.5 Å². The second-order valence-electron chi connectivity index (χ2n) is 5.79. The summed E-state index contributed by atoms with van der Waals surface area (Å²) < 4.78 is 11.3. The highest BCUT2D eigenvalue weighted by molar-refractivity contribution is 7.22. The van der Waals surface area contributed by atoms with Gasteiger partial charge in [0.2, 0.25) is 6.79 Å². The molecule has 7 heteroatoms. The fourth-order valence-electron chi connectivity index (χ4n) is 2.91. The molecule has 128 valence electrons. The standard InChI is InChI=1S/C19H11ClN2O3S/c20-12-4-2-1-3-11(12)16-8-13-17(26-16)19(23)22-18(21-13)10-5-6-14-15(7-10)25-9-24-14/h1-8H,9H2,(H,21,22,23). The number of fused-ring (bicyclic) bond motifs is 2. The Hall–Kier alpha value is -2.83. The van der Waals surface area contributed by atoms with Crippen LogP contribution in [-0.2, 0) is 0 Å². The van der Waals surface area contributed by atoms with E-state index in [-0.39, 0.29) is 12.4 Å². The van der Waals surface area contributed by atoms with Gasteiger partial charge >= 0.3 is 0 Å². The first-order chi connectivity index (χ1) is 12.7. The lowest BCUT2D eigenvalue weighted by molar-refractivity contribution is 0.174. The molecule has 0 spiro atoms. The van der Waals surface area contributed by atoms with E-state index in [1.165, 1.54) is 11.3 Å². The average Bonchev–Trinajstić information content (AvgIpc) is 3.28. The van der Waals surface area contributed by atoms with E-state index in [2.05, 4.69) is 9.97 Å². The molecular weight excluding hydrogens is 372 g/mol. The number of thiophene rings is 1. The molecule has 2 aromatic heterocycles. The number of aromatic nitrogens is 2. The summed E-state index contributed by atoms with van der Waals surface area (Å²) in [7, 11) is 0. The van der Waals surface area contributed by atoms with Gasteiger partial charge in [-0.2, -0.15) is 0 Å². The van der Waals surface area contributed by atoms with E-state index in [9.17, 15) is 4.79 Å². The van der Waals surface area contributed by atoms with Crippen LogP contribution in [0.5, 0.6) is 11.5 Å². The Balaban J connectivity index is 1.65. The number of hydrogen-bond acceptors (Lipinski definition) is 5. The molecule has 0 unspecified atom stereocenters. The molecule has 2 aromatic carbocycles. The van der Waals surface area contributed by atoms with Crippen LogP contribution >= 0.6 is 22.9 Å². The molecule has 0 fully saturated rings. The first-order valence-corrected chi connectivity index (χ1v) is 9.07. The van der Waals surface area contributed by atoms with Gasteiger partial charge in [0.15, 0.2) is 11.5 Å². The maximum absolute atomic E-state index is 12.6. The Morgan fingerprint density at radius 2 is 1.92 bits per heavy atom. The maximum Gasteiger partial charge on any atom is 0.269 e. The SMILES string of the molecule is O=c1[nH]c(-c2ccc3c(c2)OCO3)nc2cc(-c3ccccc3Cl)sc12. The molecule has 0 amide bonds. The minimum Gasteiger partial charge on any atom is -0.454 e. The van der Waals surface area contributed by atoms with E-state index in [0.29, 0.717) is 32.6 Å². The molecule has 1 aliphatic rings. The van der Waals surface area contributed by atoms with Crippen molar-refractivity contribution in [2.75, 3.05) is 6.79 Å². The van der Waals surface area contributed by atoms with Crippen molar-refractivity contribution in [2.24, 2.45) is 0 Å². The molecule has 1 N–H and O–H groups in total. The minimum absolute atomic E-state index is 0.175. The minimum atomic E-state index is -0.175. The van der Waals surface area contributed by atoms with Crippen molar-refractivity contribution < 1.29 is 9.47 Å². The third-order valence-electron chi connectivity index (χ3n) is 4.17. The van der Waals surface area contributed by atoms with Gasteiger partial charge in [0.25, 0.3) is 5.56 Å². The molecule has 3 heterocycles. The largest absolute Gasteiger partial charge is 0.454 e. The molecule has 5 rings (SSSR count). The van der Waals surface area contributed by atoms with Crippen molar-refractivity contribution in [1.82, 2.24) is 9.97 Å². The zero-order valence-electron chi connectivity index (χ0n) is 13.3. The van der Waals surface area contributed by atoms with Crippen LogP contribution in [0.25, 0.3) is 32.0 Å². The Morgan fingerprint density at radius 3 is 2.81 bits per heavy atom. The molecule has 26 heavy (non-hydrogen) atoms. The topological polar surface area (TPSA) is 64.2 Å². The number of rotatable bonds is 2. The number of halogens is 1. The van der Waals surface area contributed by atoms with Crippen LogP contribution < -0.4 is 15.0 Å². The van der Waals surface area contributed by atoms with Crippen molar-refractivity contribution in [3.63, 3.8) is 0 Å². The van der Waals surface area contributed by atoms with Crippen LogP contribution in [0.4, 0.5) is 0 Å². The van der Waals surface area contributed by atoms with Crippen LogP contribution in [0.1, 0.15) is 0 Å². The molecule has 0 aliphatic carbocycles. The van der Waals surface area contributed by atoms with E-state index < -0.39 is 0 Å². The lowest BCUT2D eigenvalue weighted by Crippen LogP contribution is -2.07. The van der Waals surface area contributed by atoms with E-state index in [0.717, 1.165) is 16.0 Å². The van der Waals surface area contributed by atoms with Crippen LogP contribution in [0.15, 0.2) is 53.3 Å². The fraction of sp³-hybridized carbons (Fsp3) is 0.0526. The van der Waals surface area contributed by atoms with Crippen LogP contribution in [0.3, 0.4) is 0 Å². The van der Waals surface area contributed by atoms with Crippen LogP contribution in [-0.4, -0.2) is 16.8 Å². The predicted octanol–water partition coefficient (Wildman–Crippen LogP) is 4.70. The summed E-state index contributed by atoms with van der Waals surface area (Å²) in [6.45, 7) is 0.202. The number of benzene rings is 2. The zero-order chi connectivity index (χ0) is 17.7. The summed E-state index contributed by atoms with van der Waals surface area (Å²) in [5.74, 6) is 1.82. The number of nitrogens with one attached hydrogen (secondary N) is 1. The van der Waals surface area contributed by atoms with Crippen molar-refractivity contribution >= 4 is 33.2 Å². The van der Waals surface area contributed by atoms with Crippen molar-refractivity contribution in [1.29, 1.82) is 0 Å². The van der Waals surface area contributed by atoms with Crippen LogP contribution in [0.2, 0.25) is 5.02 Å². The van der Waals surface area contributed by atoms with Crippen molar-refractivity contribution in [3.05, 3.63) is 63.9 Å². The monoisotopic (exact) mass is 382 g/mol. The quantitative estimate of drug-likeness (QED) is 0.545. The molecule has 0 atom stereocenters. The summed E-state index contributed by atoms with van der Waals surface area (Å²) >= 11 is 7.66. The molecule has 4 aromatic rings. The summed E-state index contributed by atoms with van der Waals surface area (Å²) in [5.41, 5.74) is 2.12. The lowest BCUT2D eigenvalue weighted by Gasteiger charge is -2.02. The third kappa shape index (κ3) is 2.46. The first-order valence-electron chi connectivity index (χ1n) is 7.88. The fourth-order valence-corrected chi connectivity index (χ4v) is 4.24. The van der Waals surface area contributed by atoms with Gasteiger partial charge in [-0.15, -0.1) is 11.3 Å². The molecule has 0 radical (unpaired) electrons. The molecule has 0 bridgehead atoms. The molecular formula is C19H11ClN2O3S. The van der Waals surface area contributed by atoms with Crippen molar-refractivity contribution in [2.45, 2.75) is 0 Å². The molecule has 5 nitrogen and oxygen atoms in total. The van der Waals surface area contributed by atoms with Gasteiger partial charge in [0, 0.05) is 21.0 Å². The average molecular weight is 383 g/mol. The molecule has 1 aliphatic heterocycles. The smallest absolute Gasteiger partial charge is 0.269 e. The summed E-state index contributed by atoms with van der Waals surface area (Å²) in [4.78, 5) is 20.9. The van der Waals surface area contributed by atoms with E-state index in [4.69, 9.17) is 21.1 Å². The third-order valence-corrected chi connectivity index (χ3v) is 5.65. The lowest BCUT2D eigenvalue weighted by atomic mass is 10.1. The van der Waals surface area contributed by atoms with E-state index in [1.807, 2.05) is 48.5 Å². The van der Waals surface area contributed by atoms with Gasteiger partial charge in [0.1, 0.15) is 10.5 Å². The normalized spacial score (nSPS) is 12.7. The zero-order valence-corrected chi connectivity index (χ0v) is 14.9. The Kier molecular flexibility index (Phi) is 3.48. The van der Waals surface area contributed by atoms with Gasteiger partial charge in [-0.05, 0) is 30.3 Å². The van der Waals surface area contributed by atoms with Crippen LogP contribution in [0, 0.1) is 0 Å². The Labute approximate surface area is 156 Å². The second kappa shape index (κ2) is 5.86. The van der Waals surface area contributed by atoms with Gasteiger partial charge in [-0.1, -0.05) is 29.8 Å². The van der Waals surface area contributed by atoms with Gasteiger partial charge in [-0.3, -0.25) is 4.79 Å². The number of hydrogen-bond donors (Lipinski definition) is 1. The predicted molar refractivity (Wildman–Crippen MR) is 102 cm³/mol. The van der Waals surface area contributed by atoms with E-state index in [1.54, 1.807) is 0 Å². The van der Waals surface area contributed by atoms with Gasteiger partial charge in [-0.25, -0.2) is 4.98 Å². The summed E-state index contributed by atoms with van der Waals surface area (Å²) in [5, 5.41) is 0.645. The Bertz CT molecular complexity index is 1220. The number of aromatic amines is 1.